The molecule has 31 heavy (non-hydrogen) atoms. The lowest BCUT2D eigenvalue weighted by Gasteiger charge is -2.32. The van der Waals surface area contributed by atoms with Crippen molar-refractivity contribution in [3.8, 4) is 5.75 Å². The van der Waals surface area contributed by atoms with Gasteiger partial charge in [-0.25, -0.2) is 13.4 Å². The smallest absolute Gasteiger partial charge is 0.251 e. The van der Waals surface area contributed by atoms with Gasteiger partial charge in [-0.05, 0) is 68.1 Å². The van der Waals surface area contributed by atoms with Gasteiger partial charge in [0.2, 0.25) is 10.0 Å². The van der Waals surface area contributed by atoms with E-state index in [4.69, 9.17) is 4.74 Å². The minimum Gasteiger partial charge on any atom is -0.495 e. The maximum Gasteiger partial charge on any atom is 0.251 e. The molecular weight excluding hydrogens is 416 g/mol. The number of fused-ring (bicyclic) bond motifs is 1. The number of benzene rings is 2. The zero-order valence-electron chi connectivity index (χ0n) is 17.8. The number of carbonyl (C=O) groups is 1. The van der Waals surface area contributed by atoms with Crippen LogP contribution in [-0.2, 0) is 10.0 Å². The number of H-pyrrole nitrogens is 1. The Morgan fingerprint density at radius 3 is 2.58 bits per heavy atom. The molecule has 2 heterocycles. The van der Waals surface area contributed by atoms with Gasteiger partial charge < -0.3 is 15.0 Å². The van der Waals surface area contributed by atoms with Crippen LogP contribution in [0.25, 0.3) is 11.0 Å². The van der Waals surface area contributed by atoms with Crippen LogP contribution < -0.4 is 10.1 Å². The van der Waals surface area contributed by atoms with Crippen molar-refractivity contribution >= 4 is 27.0 Å². The van der Waals surface area contributed by atoms with E-state index in [0.717, 1.165) is 22.2 Å². The largest absolute Gasteiger partial charge is 0.495 e. The number of hydrogen-bond acceptors (Lipinski definition) is 5. The van der Waals surface area contributed by atoms with Gasteiger partial charge in [0.1, 0.15) is 10.6 Å². The molecule has 2 N–H and O–H groups in total. The number of rotatable bonds is 5. The number of nitrogens with one attached hydrogen (secondary N) is 2. The topological polar surface area (TPSA) is 104 Å². The van der Waals surface area contributed by atoms with E-state index in [9.17, 15) is 13.2 Å². The lowest BCUT2D eigenvalue weighted by atomic mass is 10.1. The van der Waals surface area contributed by atoms with Crippen LogP contribution in [0.1, 0.15) is 34.3 Å². The second kappa shape index (κ2) is 8.32. The first-order chi connectivity index (χ1) is 14.8. The standard InChI is InChI=1S/C22H26N4O4S/c1-14-10-20(30-3)21(11-15(14)2)31(28,29)26-8-6-17(7-9-26)25-22(27)16-4-5-18-19(12-16)24-13-23-18/h4-5,10-13,17H,6-9H2,1-3H3,(H,23,24)(H,25,27). The van der Waals surface area contributed by atoms with Crippen molar-refractivity contribution in [3.63, 3.8) is 0 Å². The molecule has 3 aromatic rings. The first-order valence-electron chi connectivity index (χ1n) is 10.2. The van der Waals surface area contributed by atoms with Gasteiger partial charge in [0.15, 0.2) is 0 Å². The Morgan fingerprint density at radius 1 is 1.16 bits per heavy atom. The predicted molar refractivity (Wildman–Crippen MR) is 118 cm³/mol. The summed E-state index contributed by atoms with van der Waals surface area (Å²) in [5, 5.41) is 3.02. The van der Waals surface area contributed by atoms with Gasteiger partial charge in [-0.3, -0.25) is 4.79 Å². The Labute approximate surface area is 181 Å². The molecule has 0 atom stereocenters. The molecule has 0 bridgehead atoms. The predicted octanol–water partition coefficient (Wildman–Crippen LogP) is 2.77. The van der Waals surface area contributed by atoms with Crippen LogP contribution in [0.4, 0.5) is 0 Å². The third-order valence-electron chi connectivity index (χ3n) is 5.87. The van der Waals surface area contributed by atoms with Gasteiger partial charge in [0.25, 0.3) is 5.91 Å². The molecule has 2 aromatic carbocycles. The van der Waals surface area contributed by atoms with Crippen molar-refractivity contribution in [3.05, 3.63) is 53.3 Å². The summed E-state index contributed by atoms with van der Waals surface area (Å²) in [5.41, 5.74) is 4.03. The molecule has 0 saturated carbocycles. The summed E-state index contributed by atoms with van der Waals surface area (Å²) in [6.45, 7) is 4.48. The molecule has 1 fully saturated rings. The number of aromatic amines is 1. The first-order valence-corrected chi connectivity index (χ1v) is 11.6. The van der Waals surface area contributed by atoms with Gasteiger partial charge in [0, 0.05) is 24.7 Å². The zero-order chi connectivity index (χ0) is 22.2. The molecule has 9 heteroatoms. The molecule has 0 spiro atoms. The lowest BCUT2D eigenvalue weighted by Crippen LogP contribution is -2.46. The molecule has 0 unspecified atom stereocenters. The van der Waals surface area contributed by atoms with Crippen molar-refractivity contribution in [2.75, 3.05) is 20.2 Å². The van der Waals surface area contributed by atoms with Gasteiger partial charge in [0.05, 0.1) is 24.5 Å². The van der Waals surface area contributed by atoms with Crippen LogP contribution in [0.2, 0.25) is 0 Å². The summed E-state index contributed by atoms with van der Waals surface area (Å²) < 4.78 is 33.3. The fraction of sp³-hybridized carbons (Fsp3) is 0.364. The van der Waals surface area contributed by atoms with Crippen LogP contribution in [0.3, 0.4) is 0 Å². The highest BCUT2D eigenvalue weighted by atomic mass is 32.2. The Hall–Kier alpha value is -2.91. The van der Waals surface area contributed by atoms with Crippen molar-refractivity contribution in [2.45, 2.75) is 37.6 Å². The first kappa shape index (κ1) is 21.3. The highest BCUT2D eigenvalue weighted by Gasteiger charge is 2.32. The Bertz CT molecular complexity index is 1230. The van der Waals surface area contributed by atoms with Gasteiger partial charge >= 0.3 is 0 Å². The Morgan fingerprint density at radius 2 is 1.87 bits per heavy atom. The minimum atomic E-state index is -3.68. The van der Waals surface area contributed by atoms with Crippen LogP contribution in [0.5, 0.6) is 5.75 Å². The molecule has 8 nitrogen and oxygen atoms in total. The monoisotopic (exact) mass is 442 g/mol. The van der Waals surface area contributed by atoms with Gasteiger partial charge in [-0.1, -0.05) is 0 Å². The maximum absolute atomic E-state index is 13.2. The van der Waals surface area contributed by atoms with E-state index in [1.807, 2.05) is 13.8 Å². The number of amides is 1. The van der Waals surface area contributed by atoms with Crippen LogP contribution >= 0.6 is 0 Å². The number of imidazole rings is 1. The number of hydrogen-bond donors (Lipinski definition) is 2. The average molecular weight is 443 g/mol. The SMILES string of the molecule is COc1cc(C)c(C)cc1S(=O)(=O)N1CCC(NC(=O)c2ccc3nc[nH]c3c2)CC1. The number of aromatic nitrogens is 2. The molecule has 164 valence electrons. The second-order valence-corrected chi connectivity index (χ2v) is 9.78. The fourth-order valence-electron chi connectivity index (χ4n) is 3.85. The van der Waals surface area contributed by atoms with E-state index in [-0.39, 0.29) is 16.8 Å². The molecule has 1 amide bonds. The molecule has 0 radical (unpaired) electrons. The van der Waals surface area contributed by atoms with Gasteiger partial charge in [-0.2, -0.15) is 4.31 Å². The zero-order valence-corrected chi connectivity index (χ0v) is 18.6. The number of methoxy groups -OCH3 is 1. The average Bonchev–Trinajstić information content (AvgIpc) is 3.23. The van der Waals surface area contributed by atoms with E-state index in [1.165, 1.54) is 11.4 Å². The number of nitrogens with zero attached hydrogens (tertiary/aromatic N) is 2. The molecule has 1 aliphatic rings. The highest BCUT2D eigenvalue weighted by Crippen LogP contribution is 2.31. The fourth-order valence-corrected chi connectivity index (χ4v) is 5.54. The minimum absolute atomic E-state index is 0.0851. The van der Waals surface area contributed by atoms with E-state index in [2.05, 4.69) is 15.3 Å². The van der Waals surface area contributed by atoms with E-state index >= 15 is 0 Å². The van der Waals surface area contributed by atoms with Crippen molar-refractivity contribution in [2.24, 2.45) is 0 Å². The summed E-state index contributed by atoms with van der Waals surface area (Å²) in [5.74, 6) is 0.182. The molecule has 4 rings (SSSR count). The summed E-state index contributed by atoms with van der Waals surface area (Å²) in [4.78, 5) is 20.0. The Kier molecular flexibility index (Phi) is 5.72. The molecular formula is C22H26N4O4S. The second-order valence-electron chi connectivity index (χ2n) is 7.87. The summed E-state index contributed by atoms with van der Waals surface area (Å²) >= 11 is 0. The number of ether oxygens (including phenoxy) is 1. The number of aryl methyl sites for hydroxylation is 2. The normalized spacial score (nSPS) is 15.8. The summed E-state index contributed by atoms with van der Waals surface area (Å²) in [6.07, 6.45) is 2.68. The quantitative estimate of drug-likeness (QED) is 0.632. The molecule has 1 saturated heterocycles. The van der Waals surface area contributed by atoms with E-state index in [0.29, 0.717) is 37.2 Å². The third kappa shape index (κ3) is 4.15. The van der Waals surface area contributed by atoms with Gasteiger partial charge in [-0.15, -0.1) is 0 Å². The van der Waals surface area contributed by atoms with Crippen molar-refractivity contribution in [1.29, 1.82) is 0 Å². The van der Waals surface area contributed by atoms with Crippen LogP contribution in [-0.4, -0.2) is 54.8 Å². The van der Waals surface area contributed by atoms with Crippen molar-refractivity contribution < 1.29 is 17.9 Å². The van der Waals surface area contributed by atoms with Crippen LogP contribution in [0.15, 0.2) is 41.6 Å². The summed E-state index contributed by atoms with van der Waals surface area (Å²) in [6, 6.07) is 8.65. The molecule has 0 aliphatic carbocycles. The number of carbonyl (C=O) groups excluding carboxylic acids is 1. The number of piperidine rings is 1. The third-order valence-corrected chi connectivity index (χ3v) is 7.79. The van der Waals surface area contributed by atoms with E-state index < -0.39 is 10.0 Å². The van der Waals surface area contributed by atoms with Crippen molar-refractivity contribution in [1.82, 2.24) is 19.6 Å². The Balaban J connectivity index is 1.43. The molecule has 1 aromatic heterocycles. The number of sulfonamides is 1. The van der Waals surface area contributed by atoms with E-state index in [1.54, 1.807) is 36.7 Å². The maximum atomic E-state index is 13.2. The molecule has 1 aliphatic heterocycles. The highest BCUT2D eigenvalue weighted by molar-refractivity contribution is 7.89. The lowest BCUT2D eigenvalue weighted by molar-refractivity contribution is 0.0924. The summed E-state index contributed by atoms with van der Waals surface area (Å²) in [7, 11) is -2.20. The van der Waals surface area contributed by atoms with Crippen LogP contribution in [0, 0.1) is 13.8 Å².